The highest BCUT2D eigenvalue weighted by Crippen LogP contribution is 2.08. The number of aromatic nitrogens is 2. The number of rotatable bonds is 5. The molecule has 0 aliphatic rings. The summed E-state index contributed by atoms with van der Waals surface area (Å²) in [5.41, 5.74) is 1.47. The molecule has 5 nitrogen and oxygen atoms in total. The Kier molecular flexibility index (Phi) is 4.52. The van der Waals surface area contributed by atoms with Crippen molar-refractivity contribution in [2.75, 3.05) is 13.1 Å². The average molecular weight is 285 g/mol. The van der Waals surface area contributed by atoms with Gasteiger partial charge in [-0.25, -0.2) is 0 Å². The fourth-order valence-electron chi connectivity index (χ4n) is 2.22. The maximum atomic E-state index is 12.4. The number of amides is 1. The molecule has 21 heavy (non-hydrogen) atoms. The highest BCUT2D eigenvalue weighted by atomic mass is 16.2. The van der Waals surface area contributed by atoms with E-state index in [2.05, 4.69) is 11.7 Å². The highest BCUT2D eigenvalue weighted by molar-refractivity contribution is 5.81. The van der Waals surface area contributed by atoms with Gasteiger partial charge in [0.25, 0.3) is 0 Å². The quantitative estimate of drug-likeness (QED) is 0.787. The molecule has 2 aromatic rings. The van der Waals surface area contributed by atoms with Crippen LogP contribution in [0.2, 0.25) is 0 Å². The Balaban J connectivity index is 2.31. The predicted octanol–water partition coefficient (Wildman–Crippen LogP) is 1.82. The van der Waals surface area contributed by atoms with E-state index in [-0.39, 0.29) is 17.9 Å². The van der Waals surface area contributed by atoms with Crippen molar-refractivity contribution >= 4 is 16.8 Å². The van der Waals surface area contributed by atoms with E-state index in [0.717, 1.165) is 5.57 Å². The molecular formula is C16H19N3O2. The number of benzene rings is 1. The molecule has 0 N–H and O–H groups in total. The van der Waals surface area contributed by atoms with Gasteiger partial charge in [0, 0.05) is 18.5 Å². The SMILES string of the molecule is C=C(C)CN(CC)C(=O)Cn1ncc(=O)c2ccccc21. The molecule has 1 heterocycles. The van der Waals surface area contributed by atoms with Gasteiger partial charge in [0.1, 0.15) is 6.54 Å². The molecule has 2 rings (SSSR count). The first-order valence-electron chi connectivity index (χ1n) is 6.90. The molecule has 110 valence electrons. The molecule has 0 aliphatic carbocycles. The van der Waals surface area contributed by atoms with E-state index in [1.165, 1.54) is 6.20 Å². The zero-order chi connectivity index (χ0) is 15.4. The van der Waals surface area contributed by atoms with E-state index in [4.69, 9.17) is 0 Å². The van der Waals surface area contributed by atoms with Crippen LogP contribution in [0.5, 0.6) is 0 Å². The van der Waals surface area contributed by atoms with E-state index < -0.39 is 0 Å². The Labute approximate surface area is 123 Å². The van der Waals surface area contributed by atoms with E-state index in [1.807, 2.05) is 19.9 Å². The highest BCUT2D eigenvalue weighted by Gasteiger charge is 2.14. The van der Waals surface area contributed by atoms with Gasteiger partial charge >= 0.3 is 0 Å². The summed E-state index contributed by atoms with van der Waals surface area (Å²) < 4.78 is 1.57. The van der Waals surface area contributed by atoms with Crippen molar-refractivity contribution in [2.24, 2.45) is 0 Å². The molecule has 1 aromatic heterocycles. The van der Waals surface area contributed by atoms with E-state index in [0.29, 0.717) is 24.0 Å². The monoisotopic (exact) mass is 285 g/mol. The van der Waals surface area contributed by atoms with Crippen LogP contribution in [0.1, 0.15) is 13.8 Å². The summed E-state index contributed by atoms with van der Waals surface area (Å²) in [7, 11) is 0. The summed E-state index contributed by atoms with van der Waals surface area (Å²) in [6, 6.07) is 7.17. The van der Waals surface area contributed by atoms with E-state index in [9.17, 15) is 9.59 Å². The molecule has 1 amide bonds. The van der Waals surface area contributed by atoms with Crippen LogP contribution in [0.3, 0.4) is 0 Å². The van der Waals surface area contributed by atoms with Crippen LogP contribution in [0.15, 0.2) is 47.4 Å². The fourth-order valence-corrected chi connectivity index (χ4v) is 2.22. The molecule has 0 bridgehead atoms. The van der Waals surface area contributed by atoms with Crippen molar-refractivity contribution in [1.82, 2.24) is 14.7 Å². The van der Waals surface area contributed by atoms with Crippen LogP contribution in [0.25, 0.3) is 10.9 Å². The van der Waals surface area contributed by atoms with Gasteiger partial charge in [0.2, 0.25) is 11.3 Å². The van der Waals surface area contributed by atoms with Crippen LogP contribution in [0, 0.1) is 0 Å². The number of nitrogens with zero attached hydrogens (tertiary/aromatic N) is 3. The molecule has 5 heteroatoms. The number of para-hydroxylation sites is 1. The Hall–Kier alpha value is -2.43. The van der Waals surface area contributed by atoms with Crippen molar-refractivity contribution in [1.29, 1.82) is 0 Å². The molecule has 0 radical (unpaired) electrons. The summed E-state index contributed by atoms with van der Waals surface area (Å²) in [5, 5.41) is 4.65. The minimum atomic E-state index is -0.136. The zero-order valence-corrected chi connectivity index (χ0v) is 12.4. The second-order valence-corrected chi connectivity index (χ2v) is 5.05. The van der Waals surface area contributed by atoms with Gasteiger partial charge in [-0.05, 0) is 26.0 Å². The smallest absolute Gasteiger partial charge is 0.244 e. The number of fused-ring (bicyclic) bond motifs is 1. The summed E-state index contributed by atoms with van der Waals surface area (Å²) in [5.74, 6) is -0.0400. The lowest BCUT2D eigenvalue weighted by atomic mass is 10.2. The molecule has 0 unspecified atom stereocenters. The standard InChI is InChI=1S/C16H19N3O2/c1-4-18(10-12(2)3)16(21)11-19-14-8-6-5-7-13(14)15(20)9-17-19/h5-9H,2,4,10-11H2,1,3H3. The summed E-state index contributed by atoms with van der Waals surface area (Å²) in [6.45, 7) is 8.92. The molecule has 1 aromatic carbocycles. The van der Waals surface area contributed by atoms with Crippen molar-refractivity contribution in [3.05, 3.63) is 52.8 Å². The molecule has 0 fully saturated rings. The molecule has 0 atom stereocenters. The van der Waals surface area contributed by atoms with Gasteiger partial charge in [0.05, 0.1) is 11.7 Å². The number of likely N-dealkylation sites (N-methyl/N-ethyl adjacent to an activating group) is 1. The second-order valence-electron chi connectivity index (χ2n) is 5.05. The van der Waals surface area contributed by atoms with E-state index >= 15 is 0 Å². The van der Waals surface area contributed by atoms with Gasteiger partial charge in [-0.2, -0.15) is 5.10 Å². The third-order valence-electron chi connectivity index (χ3n) is 3.24. The lowest BCUT2D eigenvalue weighted by Gasteiger charge is -2.21. The molecule has 0 spiro atoms. The van der Waals surface area contributed by atoms with Gasteiger partial charge in [-0.1, -0.05) is 24.3 Å². The maximum Gasteiger partial charge on any atom is 0.244 e. The molecule has 0 aliphatic heterocycles. The predicted molar refractivity (Wildman–Crippen MR) is 83.1 cm³/mol. The van der Waals surface area contributed by atoms with Gasteiger partial charge in [0.15, 0.2) is 0 Å². The van der Waals surface area contributed by atoms with Crippen molar-refractivity contribution in [3.63, 3.8) is 0 Å². The number of hydrogen-bond acceptors (Lipinski definition) is 3. The lowest BCUT2D eigenvalue weighted by molar-refractivity contribution is -0.131. The number of carbonyl (C=O) groups is 1. The van der Waals surface area contributed by atoms with Gasteiger partial charge in [-0.3, -0.25) is 14.3 Å². The van der Waals surface area contributed by atoms with Crippen LogP contribution in [-0.2, 0) is 11.3 Å². The van der Waals surface area contributed by atoms with Crippen LogP contribution in [0.4, 0.5) is 0 Å². The fraction of sp³-hybridized carbons (Fsp3) is 0.312. The minimum absolute atomic E-state index is 0.0400. The average Bonchev–Trinajstić information content (AvgIpc) is 2.47. The third kappa shape index (κ3) is 3.37. The number of carbonyl (C=O) groups excluding carboxylic acids is 1. The second kappa shape index (κ2) is 6.35. The zero-order valence-electron chi connectivity index (χ0n) is 12.4. The van der Waals surface area contributed by atoms with Crippen LogP contribution < -0.4 is 5.43 Å². The molecule has 0 saturated heterocycles. The summed E-state index contributed by atoms with van der Waals surface area (Å²) in [4.78, 5) is 25.8. The molecule has 0 saturated carbocycles. The summed E-state index contributed by atoms with van der Waals surface area (Å²) >= 11 is 0. The summed E-state index contributed by atoms with van der Waals surface area (Å²) in [6.07, 6.45) is 1.25. The Morgan fingerprint density at radius 2 is 2.10 bits per heavy atom. The first-order valence-corrected chi connectivity index (χ1v) is 6.90. The Morgan fingerprint density at radius 3 is 2.76 bits per heavy atom. The lowest BCUT2D eigenvalue weighted by Crippen LogP contribution is -2.35. The Bertz CT molecular complexity index is 734. The van der Waals surface area contributed by atoms with Gasteiger partial charge < -0.3 is 4.90 Å². The van der Waals surface area contributed by atoms with Crippen molar-refractivity contribution in [3.8, 4) is 0 Å². The van der Waals surface area contributed by atoms with Gasteiger partial charge in [-0.15, -0.1) is 0 Å². The van der Waals surface area contributed by atoms with Crippen molar-refractivity contribution in [2.45, 2.75) is 20.4 Å². The third-order valence-corrected chi connectivity index (χ3v) is 3.24. The topological polar surface area (TPSA) is 55.2 Å². The van der Waals surface area contributed by atoms with Crippen LogP contribution >= 0.6 is 0 Å². The largest absolute Gasteiger partial charge is 0.337 e. The van der Waals surface area contributed by atoms with Crippen molar-refractivity contribution < 1.29 is 4.79 Å². The van der Waals surface area contributed by atoms with E-state index in [1.54, 1.807) is 27.8 Å². The number of hydrogen-bond donors (Lipinski definition) is 0. The minimum Gasteiger partial charge on any atom is -0.337 e. The van der Waals surface area contributed by atoms with Crippen LogP contribution in [-0.4, -0.2) is 33.7 Å². The normalized spacial score (nSPS) is 10.6. The first-order chi connectivity index (χ1) is 10.0. The maximum absolute atomic E-state index is 12.4. The Morgan fingerprint density at radius 1 is 1.38 bits per heavy atom. The first kappa shape index (κ1) is 15.0. The molecular weight excluding hydrogens is 266 g/mol.